The molecule has 0 aliphatic heterocycles. The summed E-state index contributed by atoms with van der Waals surface area (Å²) >= 11 is 1.70. The van der Waals surface area contributed by atoms with Crippen LogP contribution in [0.5, 0.6) is 0 Å². The van der Waals surface area contributed by atoms with E-state index in [4.69, 9.17) is 16.5 Å². The molecule has 6 rings (SSSR count). The topological polar surface area (TPSA) is 64.9 Å². The van der Waals surface area contributed by atoms with E-state index < -0.39 is 5.54 Å². The van der Waals surface area contributed by atoms with Gasteiger partial charge in [-0.3, -0.25) is 0 Å². The third kappa shape index (κ3) is 4.71. The molecule has 0 fully saturated rings. The van der Waals surface area contributed by atoms with Crippen LogP contribution < -0.4 is 11.5 Å². The van der Waals surface area contributed by atoms with E-state index in [1.54, 1.807) is 11.3 Å². The SMILES string of the molecule is Nc1ccc(C2=C(C#Cc3ccccc3)CC(N)(c3ccc(-c4nc5ccccc5s4)cc3)C=C2)cc1. The molecular formula is C33H25N3S. The molecule has 0 saturated carbocycles. The first-order valence-electron chi connectivity index (χ1n) is 12.2. The Morgan fingerprint density at radius 2 is 1.46 bits per heavy atom. The number of rotatable bonds is 3. The highest BCUT2D eigenvalue weighted by Crippen LogP contribution is 2.38. The van der Waals surface area contributed by atoms with Gasteiger partial charge in [-0.05, 0) is 53.1 Å². The van der Waals surface area contributed by atoms with E-state index in [-0.39, 0.29) is 0 Å². The Morgan fingerprint density at radius 1 is 0.757 bits per heavy atom. The molecule has 5 aromatic rings. The Labute approximate surface area is 220 Å². The lowest BCUT2D eigenvalue weighted by atomic mass is 9.78. The van der Waals surface area contributed by atoms with Crippen LogP contribution in [0.2, 0.25) is 0 Å². The quantitative estimate of drug-likeness (QED) is 0.206. The van der Waals surface area contributed by atoms with Gasteiger partial charge < -0.3 is 11.5 Å². The van der Waals surface area contributed by atoms with Crippen LogP contribution in [0.15, 0.2) is 121 Å². The zero-order chi connectivity index (χ0) is 25.2. The number of allylic oxidation sites excluding steroid dienone is 2. The fraction of sp³-hybridized carbons (Fsp3) is 0.0606. The van der Waals surface area contributed by atoms with Gasteiger partial charge >= 0.3 is 0 Å². The van der Waals surface area contributed by atoms with E-state index in [1.165, 1.54) is 4.70 Å². The fourth-order valence-corrected chi connectivity index (χ4v) is 5.58. The molecule has 1 heterocycles. The van der Waals surface area contributed by atoms with Crippen molar-refractivity contribution in [1.29, 1.82) is 0 Å². The first-order valence-corrected chi connectivity index (χ1v) is 13.0. The second-order valence-electron chi connectivity index (χ2n) is 9.24. The largest absolute Gasteiger partial charge is 0.399 e. The van der Waals surface area contributed by atoms with Gasteiger partial charge in [-0.2, -0.15) is 0 Å². The lowest BCUT2D eigenvalue weighted by Crippen LogP contribution is -2.36. The van der Waals surface area contributed by atoms with E-state index in [1.807, 2.05) is 66.7 Å². The highest BCUT2D eigenvalue weighted by molar-refractivity contribution is 7.21. The third-order valence-corrected chi connectivity index (χ3v) is 7.74. The standard InChI is InChI=1S/C33H25N3S/c34-28-18-14-24(15-19-28)29-20-21-33(35,22-26(29)11-10-23-6-2-1-3-7-23)27-16-12-25(13-17-27)32-36-30-8-4-5-9-31(30)37-32/h1-9,12-21H,22,34-35H2. The monoisotopic (exact) mass is 495 g/mol. The van der Waals surface area contributed by atoms with Crippen molar-refractivity contribution in [2.24, 2.45) is 5.73 Å². The fourth-order valence-electron chi connectivity index (χ4n) is 4.61. The summed E-state index contributed by atoms with van der Waals surface area (Å²) in [5.74, 6) is 6.77. The Hall–Kier alpha value is -4.43. The van der Waals surface area contributed by atoms with Gasteiger partial charge in [-0.15, -0.1) is 11.3 Å². The zero-order valence-corrected chi connectivity index (χ0v) is 21.0. The number of thiazole rings is 1. The van der Waals surface area contributed by atoms with Crippen molar-refractivity contribution >= 4 is 32.8 Å². The summed E-state index contributed by atoms with van der Waals surface area (Å²) in [6, 6.07) is 34.6. The summed E-state index contributed by atoms with van der Waals surface area (Å²) in [4.78, 5) is 4.80. The summed E-state index contributed by atoms with van der Waals surface area (Å²) in [6.45, 7) is 0. The van der Waals surface area contributed by atoms with Gasteiger partial charge in [0.2, 0.25) is 0 Å². The first kappa shape index (κ1) is 23.0. The maximum Gasteiger partial charge on any atom is 0.124 e. The predicted molar refractivity (Wildman–Crippen MR) is 156 cm³/mol. The molecule has 1 atom stereocenters. The molecule has 0 spiro atoms. The third-order valence-electron chi connectivity index (χ3n) is 6.66. The second-order valence-corrected chi connectivity index (χ2v) is 10.3. The van der Waals surface area contributed by atoms with Gasteiger partial charge in [0, 0.05) is 28.8 Å². The Morgan fingerprint density at radius 3 is 2.22 bits per heavy atom. The number of para-hydroxylation sites is 1. The van der Waals surface area contributed by atoms with Gasteiger partial charge in [-0.25, -0.2) is 4.98 Å². The number of benzene rings is 4. The van der Waals surface area contributed by atoms with E-state index >= 15 is 0 Å². The average molecular weight is 496 g/mol. The van der Waals surface area contributed by atoms with Gasteiger partial charge in [0.1, 0.15) is 5.01 Å². The molecule has 1 aliphatic carbocycles. The molecule has 4 heteroatoms. The van der Waals surface area contributed by atoms with Crippen molar-refractivity contribution in [3.8, 4) is 22.4 Å². The summed E-state index contributed by atoms with van der Waals surface area (Å²) in [7, 11) is 0. The number of nitrogen functional groups attached to an aromatic ring is 1. The van der Waals surface area contributed by atoms with Gasteiger partial charge in [0.05, 0.1) is 15.8 Å². The van der Waals surface area contributed by atoms with Crippen LogP contribution in [0.25, 0.3) is 26.4 Å². The van der Waals surface area contributed by atoms with Crippen molar-refractivity contribution in [1.82, 2.24) is 4.98 Å². The molecule has 178 valence electrons. The Kier molecular flexibility index (Phi) is 5.94. The first-order chi connectivity index (χ1) is 18.1. The molecule has 0 bridgehead atoms. The number of nitrogens with two attached hydrogens (primary N) is 2. The maximum atomic E-state index is 7.03. The zero-order valence-electron chi connectivity index (χ0n) is 20.2. The summed E-state index contributed by atoms with van der Waals surface area (Å²) in [5.41, 5.74) is 20.4. The molecule has 37 heavy (non-hydrogen) atoms. The number of hydrogen-bond acceptors (Lipinski definition) is 4. The van der Waals surface area contributed by atoms with E-state index in [9.17, 15) is 0 Å². The lowest BCUT2D eigenvalue weighted by molar-refractivity contribution is 0.558. The minimum Gasteiger partial charge on any atom is -0.399 e. The van der Waals surface area contributed by atoms with Crippen molar-refractivity contribution in [3.05, 3.63) is 138 Å². The summed E-state index contributed by atoms with van der Waals surface area (Å²) < 4.78 is 1.19. The highest BCUT2D eigenvalue weighted by Gasteiger charge is 2.30. The number of hydrogen-bond donors (Lipinski definition) is 2. The van der Waals surface area contributed by atoms with Crippen LogP contribution in [0.3, 0.4) is 0 Å². The minimum atomic E-state index is -0.663. The van der Waals surface area contributed by atoms with Crippen LogP contribution in [0, 0.1) is 11.8 Å². The van der Waals surface area contributed by atoms with Crippen molar-refractivity contribution in [3.63, 3.8) is 0 Å². The van der Waals surface area contributed by atoms with Crippen LogP contribution in [-0.4, -0.2) is 4.98 Å². The van der Waals surface area contributed by atoms with E-state index in [0.717, 1.165) is 49.6 Å². The number of aromatic nitrogens is 1. The maximum absolute atomic E-state index is 7.03. The number of fused-ring (bicyclic) bond motifs is 1. The molecular weight excluding hydrogens is 470 g/mol. The smallest absolute Gasteiger partial charge is 0.124 e. The molecule has 1 aromatic heterocycles. The van der Waals surface area contributed by atoms with Crippen molar-refractivity contribution in [2.75, 3.05) is 5.73 Å². The van der Waals surface area contributed by atoms with Crippen LogP contribution in [-0.2, 0) is 5.54 Å². The molecule has 1 aliphatic rings. The predicted octanol–water partition coefficient (Wildman–Crippen LogP) is 7.16. The second kappa shape index (κ2) is 9.55. The number of nitrogens with zero attached hydrogens (tertiary/aromatic N) is 1. The van der Waals surface area contributed by atoms with Gasteiger partial charge in [0.25, 0.3) is 0 Å². The highest BCUT2D eigenvalue weighted by atomic mass is 32.1. The molecule has 4 N–H and O–H groups in total. The van der Waals surface area contributed by atoms with Crippen molar-refractivity contribution in [2.45, 2.75) is 12.0 Å². The summed E-state index contributed by atoms with van der Waals surface area (Å²) in [6.07, 6.45) is 4.80. The Bertz CT molecular complexity index is 1670. The molecule has 3 nitrogen and oxygen atoms in total. The number of anilines is 1. The van der Waals surface area contributed by atoms with E-state index in [2.05, 4.69) is 60.4 Å². The Balaban J connectivity index is 1.34. The molecule has 0 radical (unpaired) electrons. The van der Waals surface area contributed by atoms with Crippen LogP contribution >= 0.6 is 11.3 Å². The van der Waals surface area contributed by atoms with Crippen LogP contribution in [0.4, 0.5) is 5.69 Å². The van der Waals surface area contributed by atoms with Gasteiger partial charge in [0.15, 0.2) is 0 Å². The minimum absolute atomic E-state index is 0.601. The van der Waals surface area contributed by atoms with Crippen LogP contribution in [0.1, 0.15) is 23.1 Å². The van der Waals surface area contributed by atoms with E-state index in [0.29, 0.717) is 6.42 Å². The average Bonchev–Trinajstić information content (AvgIpc) is 3.38. The molecule has 4 aromatic carbocycles. The van der Waals surface area contributed by atoms with Crippen molar-refractivity contribution < 1.29 is 0 Å². The normalized spacial score (nSPS) is 17.0. The summed E-state index contributed by atoms with van der Waals surface area (Å²) in [5, 5.41) is 1.01. The molecule has 1 unspecified atom stereocenters. The van der Waals surface area contributed by atoms with Gasteiger partial charge in [-0.1, -0.05) is 90.7 Å². The molecule has 0 amide bonds. The lowest BCUT2D eigenvalue weighted by Gasteiger charge is -2.31. The molecule has 0 saturated heterocycles.